The van der Waals surface area contributed by atoms with Gasteiger partial charge in [-0.1, -0.05) is 36.4 Å². The van der Waals surface area contributed by atoms with E-state index in [1.54, 1.807) is 0 Å². The van der Waals surface area contributed by atoms with Crippen molar-refractivity contribution in [2.24, 2.45) is 0 Å². The smallest absolute Gasteiger partial charge is 0.136 e. The van der Waals surface area contributed by atoms with Gasteiger partial charge in [0.25, 0.3) is 0 Å². The van der Waals surface area contributed by atoms with Crippen LogP contribution in [0.4, 0.5) is 34.1 Å². The third-order valence-corrected chi connectivity index (χ3v) is 15.5. The predicted octanol–water partition coefficient (Wildman–Crippen LogP) is 18.4. The molecule has 0 amide bonds. The second kappa shape index (κ2) is 15.1. The van der Waals surface area contributed by atoms with Gasteiger partial charge in [-0.2, -0.15) is 0 Å². The summed E-state index contributed by atoms with van der Waals surface area (Å²) in [5.41, 5.74) is 26.1. The number of aryl methyl sites for hydroxylation is 4. The van der Waals surface area contributed by atoms with Gasteiger partial charge in [0.15, 0.2) is 0 Å². The summed E-state index contributed by atoms with van der Waals surface area (Å²) >= 11 is 0. The average Bonchev–Trinajstić information content (AvgIpc) is 3.84. The van der Waals surface area contributed by atoms with Gasteiger partial charge in [-0.05, 0) is 256 Å². The van der Waals surface area contributed by atoms with E-state index in [2.05, 4.69) is 214 Å². The quantitative estimate of drug-likeness (QED) is 0.167. The number of rotatable bonds is 6. The van der Waals surface area contributed by atoms with Crippen LogP contribution in [0.3, 0.4) is 0 Å². The Balaban J connectivity index is 1.02. The number of hydrogen-bond acceptors (Lipinski definition) is 4. The minimum absolute atomic E-state index is 0.854. The van der Waals surface area contributed by atoms with Gasteiger partial charge >= 0.3 is 0 Å². The Morgan fingerprint density at radius 2 is 0.545 bits per heavy atom. The molecule has 0 aliphatic carbocycles. The minimum Gasteiger partial charge on any atom is -0.456 e. The molecular formula is C62H56N2O2. The molecule has 0 fully saturated rings. The molecule has 0 atom stereocenters. The number of anilines is 6. The zero-order chi connectivity index (χ0) is 46.0. The van der Waals surface area contributed by atoms with E-state index in [1.165, 1.54) is 89.5 Å². The van der Waals surface area contributed by atoms with Gasteiger partial charge in [-0.3, -0.25) is 0 Å². The Hall–Kier alpha value is -7.30. The summed E-state index contributed by atoms with van der Waals surface area (Å²) in [5, 5.41) is 8.85. The Morgan fingerprint density at radius 1 is 0.258 bits per heavy atom. The molecule has 0 aliphatic heterocycles. The molecule has 9 aromatic carbocycles. The van der Waals surface area contributed by atoms with Gasteiger partial charge in [-0.25, -0.2) is 0 Å². The van der Waals surface area contributed by atoms with E-state index >= 15 is 0 Å². The highest BCUT2D eigenvalue weighted by Crippen LogP contribution is 2.46. The second-order valence-electron chi connectivity index (χ2n) is 19.1. The molecule has 2 aromatic heterocycles. The molecule has 0 saturated carbocycles. The lowest BCUT2D eigenvalue weighted by Gasteiger charge is -2.30. The molecule has 0 aliphatic rings. The molecule has 2 heterocycles. The maximum absolute atomic E-state index is 6.76. The molecule has 0 radical (unpaired) electrons. The zero-order valence-corrected chi connectivity index (χ0v) is 40.3. The summed E-state index contributed by atoms with van der Waals surface area (Å²) in [7, 11) is 0. The normalized spacial score (nSPS) is 11.9. The van der Waals surface area contributed by atoms with Crippen LogP contribution in [0, 0.1) is 83.1 Å². The maximum Gasteiger partial charge on any atom is 0.136 e. The fourth-order valence-corrected chi connectivity index (χ4v) is 10.3. The number of hydrogen-bond donors (Lipinski definition) is 0. The molecule has 66 heavy (non-hydrogen) atoms. The first-order valence-electron chi connectivity index (χ1n) is 23.2. The summed E-state index contributed by atoms with van der Waals surface area (Å²) in [6.45, 7) is 26.7. The largest absolute Gasteiger partial charge is 0.456 e. The van der Waals surface area contributed by atoms with Crippen molar-refractivity contribution < 1.29 is 8.83 Å². The van der Waals surface area contributed by atoms with Crippen molar-refractivity contribution in [3.63, 3.8) is 0 Å². The standard InChI is InChI=1S/C62H56N2O2/c1-33-13-21-55(41(9)37(33)5)63(56-22-14-34(2)38(6)42(56)10)49-19-17-45-27-51-53-31-62-54(32-61(53)65-59(51)29-47(45)25-49)52-28-46-18-20-50(26-48(46)30-60(52)66-62)64(57-23-15-35(3)39(7)43(57)11)58-24-16-36(4)40(8)44(58)12/h13-32H,1-12H3. The fraction of sp³-hybridized carbons (Fsp3) is 0.194. The third kappa shape index (κ3) is 6.33. The van der Waals surface area contributed by atoms with E-state index < -0.39 is 0 Å². The molecule has 0 unspecified atom stereocenters. The first kappa shape index (κ1) is 41.4. The van der Waals surface area contributed by atoms with Crippen molar-refractivity contribution in [2.75, 3.05) is 9.80 Å². The number of fused-ring (bicyclic) bond motifs is 8. The highest BCUT2D eigenvalue weighted by Gasteiger charge is 2.23. The lowest BCUT2D eigenvalue weighted by atomic mass is 9.97. The van der Waals surface area contributed by atoms with E-state index in [1.807, 2.05) is 0 Å². The molecule has 326 valence electrons. The topological polar surface area (TPSA) is 32.8 Å². The maximum atomic E-state index is 6.76. The molecule has 11 rings (SSSR count). The van der Waals surface area contributed by atoms with Gasteiger partial charge < -0.3 is 18.6 Å². The van der Waals surface area contributed by atoms with Gasteiger partial charge in [0.1, 0.15) is 22.3 Å². The summed E-state index contributed by atoms with van der Waals surface area (Å²) in [4.78, 5) is 4.87. The van der Waals surface area contributed by atoms with E-state index in [0.717, 1.165) is 76.8 Å². The molecular weight excluding hydrogens is 805 g/mol. The second-order valence-corrected chi connectivity index (χ2v) is 19.1. The van der Waals surface area contributed by atoms with E-state index in [4.69, 9.17) is 8.83 Å². The van der Waals surface area contributed by atoms with Gasteiger partial charge in [0, 0.05) is 55.7 Å². The highest BCUT2D eigenvalue weighted by atomic mass is 16.3. The van der Waals surface area contributed by atoms with Crippen molar-refractivity contribution in [1.82, 2.24) is 0 Å². The average molecular weight is 861 g/mol. The molecule has 0 N–H and O–H groups in total. The first-order chi connectivity index (χ1) is 31.7. The molecule has 4 heteroatoms. The lowest BCUT2D eigenvalue weighted by molar-refractivity contribution is 0.664. The molecule has 11 aromatic rings. The zero-order valence-electron chi connectivity index (χ0n) is 40.3. The summed E-state index contributed by atoms with van der Waals surface area (Å²) in [6.07, 6.45) is 0. The molecule has 0 saturated heterocycles. The van der Waals surface area contributed by atoms with Crippen molar-refractivity contribution >= 4 is 99.5 Å². The van der Waals surface area contributed by atoms with Crippen molar-refractivity contribution in [1.29, 1.82) is 0 Å². The minimum atomic E-state index is 0.854. The highest BCUT2D eigenvalue weighted by molar-refractivity contribution is 6.18. The number of nitrogens with zero attached hydrogens (tertiary/aromatic N) is 2. The van der Waals surface area contributed by atoms with Crippen molar-refractivity contribution in [2.45, 2.75) is 83.1 Å². The SMILES string of the molecule is Cc1ccc(N(c2ccc3cc4c(cc3c2)oc2cc3c(cc24)oc2cc4cc(N(c5ccc(C)c(C)c5C)c5ccc(C)c(C)c5C)ccc4cc23)c2ccc(C)c(C)c2C)c(C)c1C. The fourth-order valence-electron chi connectivity index (χ4n) is 10.3. The molecule has 0 spiro atoms. The number of benzene rings is 9. The molecule has 0 bridgehead atoms. The van der Waals surface area contributed by atoms with E-state index in [9.17, 15) is 0 Å². The van der Waals surface area contributed by atoms with Crippen LogP contribution >= 0.6 is 0 Å². The van der Waals surface area contributed by atoms with Crippen LogP contribution in [0.15, 0.2) is 130 Å². The van der Waals surface area contributed by atoms with Crippen LogP contribution in [-0.2, 0) is 0 Å². The van der Waals surface area contributed by atoms with Crippen LogP contribution in [0.1, 0.15) is 66.8 Å². The lowest BCUT2D eigenvalue weighted by Crippen LogP contribution is -2.14. The Bertz CT molecular complexity index is 3490. The van der Waals surface area contributed by atoms with Gasteiger partial charge in [0.05, 0.1) is 0 Å². The first-order valence-corrected chi connectivity index (χ1v) is 23.2. The van der Waals surface area contributed by atoms with Crippen LogP contribution in [0.25, 0.3) is 65.4 Å². The Kier molecular flexibility index (Phi) is 9.50. The van der Waals surface area contributed by atoms with E-state index in [0.29, 0.717) is 0 Å². The molecule has 4 nitrogen and oxygen atoms in total. The summed E-state index contributed by atoms with van der Waals surface area (Å²) in [5.74, 6) is 0. The van der Waals surface area contributed by atoms with Crippen LogP contribution in [0.5, 0.6) is 0 Å². The Labute approximate surface area is 387 Å². The monoisotopic (exact) mass is 860 g/mol. The summed E-state index contributed by atoms with van der Waals surface area (Å²) < 4.78 is 13.5. The van der Waals surface area contributed by atoms with Crippen molar-refractivity contribution in [3.8, 4) is 0 Å². The van der Waals surface area contributed by atoms with Crippen LogP contribution in [-0.4, -0.2) is 0 Å². The summed E-state index contributed by atoms with van der Waals surface area (Å²) in [6, 6.07) is 45.0. The van der Waals surface area contributed by atoms with Crippen molar-refractivity contribution in [3.05, 3.63) is 188 Å². The Morgan fingerprint density at radius 3 is 0.864 bits per heavy atom. The van der Waals surface area contributed by atoms with Gasteiger partial charge in [-0.15, -0.1) is 0 Å². The number of furan rings is 2. The third-order valence-electron chi connectivity index (χ3n) is 15.5. The van der Waals surface area contributed by atoms with Gasteiger partial charge in [0.2, 0.25) is 0 Å². The van der Waals surface area contributed by atoms with E-state index in [-0.39, 0.29) is 0 Å². The predicted molar refractivity (Wildman–Crippen MR) is 282 cm³/mol. The van der Waals surface area contributed by atoms with Crippen LogP contribution in [0.2, 0.25) is 0 Å². The van der Waals surface area contributed by atoms with Crippen LogP contribution < -0.4 is 9.80 Å².